The Hall–Kier alpha value is -0.930. The van der Waals surface area contributed by atoms with Gasteiger partial charge in [-0.25, -0.2) is 4.39 Å². The first-order valence-electron chi connectivity index (χ1n) is 6.34. The predicted octanol–water partition coefficient (Wildman–Crippen LogP) is 3.03. The lowest BCUT2D eigenvalue weighted by Crippen LogP contribution is -2.32. The zero-order valence-corrected chi connectivity index (χ0v) is 10.6. The summed E-state index contributed by atoms with van der Waals surface area (Å²) >= 11 is 0. The summed E-state index contributed by atoms with van der Waals surface area (Å²) in [7, 11) is 0. The van der Waals surface area contributed by atoms with Crippen molar-refractivity contribution in [2.45, 2.75) is 45.3 Å². The third-order valence-electron chi connectivity index (χ3n) is 2.96. The monoisotopic (exact) mass is 239 g/mol. The van der Waals surface area contributed by atoms with Crippen LogP contribution >= 0.6 is 0 Å². The van der Waals surface area contributed by atoms with E-state index in [1.807, 2.05) is 0 Å². The topological polar surface area (TPSA) is 32.3 Å². The molecule has 3 heteroatoms. The lowest BCUT2D eigenvalue weighted by Gasteiger charge is -2.19. The van der Waals surface area contributed by atoms with Crippen molar-refractivity contribution in [3.05, 3.63) is 35.6 Å². The van der Waals surface area contributed by atoms with Crippen LogP contribution < -0.4 is 5.32 Å². The SMILES string of the molecule is CCCC(CC)NCC(O)c1cccc(F)c1. The van der Waals surface area contributed by atoms with Crippen LogP contribution in [0, 0.1) is 5.82 Å². The number of benzene rings is 1. The molecule has 1 aromatic carbocycles. The molecular formula is C14H22FNO. The first-order chi connectivity index (χ1) is 8.17. The minimum atomic E-state index is -0.642. The van der Waals surface area contributed by atoms with Gasteiger partial charge in [0.15, 0.2) is 0 Å². The molecule has 0 saturated carbocycles. The summed E-state index contributed by atoms with van der Waals surface area (Å²) in [6.07, 6.45) is 2.63. The zero-order chi connectivity index (χ0) is 12.7. The highest BCUT2D eigenvalue weighted by molar-refractivity contribution is 5.18. The Labute approximate surface area is 103 Å². The number of aliphatic hydroxyl groups is 1. The molecule has 1 rings (SSSR count). The molecule has 17 heavy (non-hydrogen) atoms. The van der Waals surface area contributed by atoms with Crippen LogP contribution in [0.1, 0.15) is 44.8 Å². The molecule has 2 atom stereocenters. The van der Waals surface area contributed by atoms with E-state index in [0.717, 1.165) is 19.3 Å². The van der Waals surface area contributed by atoms with Crippen molar-refractivity contribution in [1.29, 1.82) is 0 Å². The van der Waals surface area contributed by atoms with Gasteiger partial charge in [0, 0.05) is 12.6 Å². The normalized spacial score (nSPS) is 14.6. The van der Waals surface area contributed by atoms with Crippen molar-refractivity contribution >= 4 is 0 Å². The van der Waals surface area contributed by atoms with Gasteiger partial charge in [-0.2, -0.15) is 0 Å². The molecule has 0 bridgehead atoms. The average molecular weight is 239 g/mol. The Bertz CT molecular complexity index is 330. The van der Waals surface area contributed by atoms with Gasteiger partial charge < -0.3 is 10.4 Å². The Morgan fingerprint density at radius 1 is 1.35 bits per heavy atom. The molecule has 0 heterocycles. The van der Waals surface area contributed by atoms with E-state index < -0.39 is 6.10 Å². The average Bonchev–Trinajstić information content (AvgIpc) is 2.34. The van der Waals surface area contributed by atoms with Gasteiger partial charge in [0.05, 0.1) is 6.10 Å². The summed E-state index contributed by atoms with van der Waals surface area (Å²) < 4.78 is 13.0. The van der Waals surface area contributed by atoms with Crippen LogP contribution in [0.15, 0.2) is 24.3 Å². The van der Waals surface area contributed by atoms with E-state index in [2.05, 4.69) is 19.2 Å². The molecule has 0 aliphatic heterocycles. The van der Waals surface area contributed by atoms with Crippen LogP contribution in [0.5, 0.6) is 0 Å². The standard InChI is InChI=1S/C14H22FNO/c1-3-6-13(4-2)16-10-14(17)11-7-5-8-12(15)9-11/h5,7-9,13-14,16-17H,3-4,6,10H2,1-2H3. The van der Waals surface area contributed by atoms with Crippen molar-refractivity contribution in [1.82, 2.24) is 5.32 Å². The van der Waals surface area contributed by atoms with Crippen LogP contribution in [0.2, 0.25) is 0 Å². The van der Waals surface area contributed by atoms with E-state index >= 15 is 0 Å². The fraction of sp³-hybridized carbons (Fsp3) is 0.571. The van der Waals surface area contributed by atoms with Gasteiger partial charge in [0.25, 0.3) is 0 Å². The fourth-order valence-electron chi connectivity index (χ4n) is 1.91. The van der Waals surface area contributed by atoms with Gasteiger partial charge >= 0.3 is 0 Å². The summed E-state index contributed by atoms with van der Waals surface area (Å²) in [6.45, 7) is 4.75. The van der Waals surface area contributed by atoms with Crippen molar-refractivity contribution in [2.24, 2.45) is 0 Å². The molecule has 2 N–H and O–H groups in total. The lowest BCUT2D eigenvalue weighted by atomic mass is 10.1. The van der Waals surface area contributed by atoms with Crippen molar-refractivity contribution in [3.63, 3.8) is 0 Å². The summed E-state index contributed by atoms with van der Waals surface area (Å²) in [5.41, 5.74) is 0.629. The lowest BCUT2D eigenvalue weighted by molar-refractivity contribution is 0.168. The minimum absolute atomic E-state index is 0.304. The summed E-state index contributed by atoms with van der Waals surface area (Å²) in [6, 6.07) is 6.57. The molecule has 0 radical (unpaired) electrons. The molecule has 0 spiro atoms. The second-order valence-corrected chi connectivity index (χ2v) is 4.37. The number of rotatable bonds is 7. The van der Waals surface area contributed by atoms with E-state index in [9.17, 15) is 9.50 Å². The molecule has 96 valence electrons. The summed E-state index contributed by atoms with van der Waals surface area (Å²) in [5, 5.41) is 13.2. The Morgan fingerprint density at radius 2 is 2.12 bits per heavy atom. The van der Waals surface area contributed by atoms with E-state index in [4.69, 9.17) is 0 Å². The van der Waals surface area contributed by atoms with E-state index in [0.29, 0.717) is 18.2 Å². The third-order valence-corrected chi connectivity index (χ3v) is 2.96. The highest BCUT2D eigenvalue weighted by Crippen LogP contribution is 2.13. The molecule has 0 fully saturated rings. The maximum Gasteiger partial charge on any atom is 0.123 e. The Balaban J connectivity index is 2.46. The molecule has 2 nitrogen and oxygen atoms in total. The Morgan fingerprint density at radius 3 is 2.71 bits per heavy atom. The molecule has 1 aromatic rings. The number of hydrogen-bond acceptors (Lipinski definition) is 2. The molecule has 0 aliphatic rings. The molecule has 0 saturated heterocycles. The largest absolute Gasteiger partial charge is 0.387 e. The minimum Gasteiger partial charge on any atom is -0.387 e. The van der Waals surface area contributed by atoms with Crippen LogP contribution in [-0.2, 0) is 0 Å². The van der Waals surface area contributed by atoms with Gasteiger partial charge in [-0.3, -0.25) is 0 Å². The van der Waals surface area contributed by atoms with Crippen molar-refractivity contribution in [2.75, 3.05) is 6.54 Å². The van der Waals surface area contributed by atoms with E-state index in [-0.39, 0.29) is 5.82 Å². The smallest absolute Gasteiger partial charge is 0.123 e. The molecular weight excluding hydrogens is 217 g/mol. The second kappa shape index (κ2) is 7.41. The van der Waals surface area contributed by atoms with Gasteiger partial charge in [-0.1, -0.05) is 32.4 Å². The van der Waals surface area contributed by atoms with Crippen LogP contribution in [-0.4, -0.2) is 17.7 Å². The van der Waals surface area contributed by atoms with Gasteiger partial charge in [-0.15, -0.1) is 0 Å². The van der Waals surface area contributed by atoms with Crippen LogP contribution in [0.3, 0.4) is 0 Å². The molecule has 0 aliphatic carbocycles. The zero-order valence-electron chi connectivity index (χ0n) is 10.6. The first-order valence-corrected chi connectivity index (χ1v) is 6.34. The molecule has 0 amide bonds. The van der Waals surface area contributed by atoms with Crippen molar-refractivity contribution < 1.29 is 9.50 Å². The highest BCUT2D eigenvalue weighted by atomic mass is 19.1. The van der Waals surface area contributed by atoms with Crippen LogP contribution in [0.25, 0.3) is 0 Å². The fourth-order valence-corrected chi connectivity index (χ4v) is 1.91. The summed E-state index contributed by atoms with van der Waals surface area (Å²) in [5.74, 6) is -0.304. The number of aliphatic hydroxyl groups excluding tert-OH is 1. The maximum atomic E-state index is 13.0. The second-order valence-electron chi connectivity index (χ2n) is 4.37. The Kier molecular flexibility index (Phi) is 6.16. The van der Waals surface area contributed by atoms with E-state index in [1.165, 1.54) is 12.1 Å². The number of halogens is 1. The van der Waals surface area contributed by atoms with Gasteiger partial charge in [-0.05, 0) is 30.5 Å². The van der Waals surface area contributed by atoms with Gasteiger partial charge in [0.2, 0.25) is 0 Å². The van der Waals surface area contributed by atoms with E-state index in [1.54, 1.807) is 12.1 Å². The first kappa shape index (κ1) is 14.1. The number of hydrogen-bond donors (Lipinski definition) is 2. The third kappa shape index (κ3) is 4.84. The summed E-state index contributed by atoms with van der Waals surface area (Å²) in [4.78, 5) is 0. The van der Waals surface area contributed by atoms with Crippen molar-refractivity contribution in [3.8, 4) is 0 Å². The van der Waals surface area contributed by atoms with Crippen LogP contribution in [0.4, 0.5) is 4.39 Å². The predicted molar refractivity (Wildman–Crippen MR) is 68.3 cm³/mol. The quantitative estimate of drug-likeness (QED) is 0.766. The molecule has 2 unspecified atom stereocenters. The number of nitrogens with one attached hydrogen (secondary N) is 1. The molecule has 0 aromatic heterocycles. The van der Waals surface area contributed by atoms with Gasteiger partial charge in [0.1, 0.15) is 5.82 Å². The maximum absolute atomic E-state index is 13.0. The highest BCUT2D eigenvalue weighted by Gasteiger charge is 2.10.